The number of piperidine rings is 1. The maximum Gasteiger partial charge on any atom is 0.225 e. The molecule has 2 aliphatic rings. The predicted octanol–water partition coefficient (Wildman–Crippen LogP) is -0.667. The molecule has 0 bridgehead atoms. The molecule has 2 unspecified atom stereocenters. The molecule has 2 amide bonds. The van der Waals surface area contributed by atoms with E-state index in [-0.39, 0.29) is 23.8 Å². The van der Waals surface area contributed by atoms with Gasteiger partial charge >= 0.3 is 0 Å². The summed E-state index contributed by atoms with van der Waals surface area (Å²) in [7, 11) is 1.84. The lowest BCUT2D eigenvalue weighted by atomic mass is 9.91. The number of hydrogen-bond donors (Lipinski definition) is 2. The average molecular weight is 225 g/mol. The van der Waals surface area contributed by atoms with Gasteiger partial charge in [0.05, 0.1) is 12.0 Å². The number of hydrogen-bond acceptors (Lipinski definition) is 3. The van der Waals surface area contributed by atoms with E-state index >= 15 is 0 Å². The van der Waals surface area contributed by atoms with E-state index in [0.717, 1.165) is 19.4 Å². The highest BCUT2D eigenvalue weighted by Crippen LogP contribution is 2.27. The van der Waals surface area contributed by atoms with Crippen LogP contribution < -0.4 is 10.6 Å². The Bertz CT molecular complexity index is 293. The van der Waals surface area contributed by atoms with E-state index < -0.39 is 0 Å². The van der Waals surface area contributed by atoms with Crippen LogP contribution in [0.4, 0.5) is 0 Å². The van der Waals surface area contributed by atoms with Crippen molar-refractivity contribution in [3.05, 3.63) is 0 Å². The van der Waals surface area contributed by atoms with Crippen molar-refractivity contribution >= 4 is 11.8 Å². The third kappa shape index (κ3) is 2.04. The molecule has 2 N–H and O–H groups in total. The highest BCUT2D eigenvalue weighted by atomic mass is 16.2. The van der Waals surface area contributed by atoms with Gasteiger partial charge in [0.15, 0.2) is 0 Å². The van der Waals surface area contributed by atoms with E-state index in [4.69, 9.17) is 0 Å². The Morgan fingerprint density at radius 1 is 1.62 bits per heavy atom. The first kappa shape index (κ1) is 11.4. The predicted molar refractivity (Wildman–Crippen MR) is 59.8 cm³/mol. The number of carbonyl (C=O) groups excluding carboxylic acids is 2. The van der Waals surface area contributed by atoms with Crippen molar-refractivity contribution in [2.45, 2.75) is 25.3 Å². The second kappa shape index (κ2) is 4.82. The Kier molecular flexibility index (Phi) is 3.43. The van der Waals surface area contributed by atoms with Gasteiger partial charge < -0.3 is 15.5 Å². The lowest BCUT2D eigenvalue weighted by Gasteiger charge is -2.36. The first-order chi connectivity index (χ1) is 7.74. The Labute approximate surface area is 95.6 Å². The molecule has 2 aliphatic heterocycles. The summed E-state index contributed by atoms with van der Waals surface area (Å²) in [4.78, 5) is 25.4. The van der Waals surface area contributed by atoms with Gasteiger partial charge in [0, 0.05) is 26.1 Å². The zero-order chi connectivity index (χ0) is 11.5. The fourth-order valence-corrected chi connectivity index (χ4v) is 2.64. The molecule has 5 heteroatoms. The van der Waals surface area contributed by atoms with Crippen LogP contribution in [0.5, 0.6) is 0 Å². The molecule has 0 aromatic carbocycles. The molecule has 0 aliphatic carbocycles. The summed E-state index contributed by atoms with van der Waals surface area (Å²) in [5.74, 6) is 0.323. The molecular weight excluding hydrogens is 206 g/mol. The number of nitrogens with zero attached hydrogens (tertiary/aromatic N) is 1. The van der Waals surface area contributed by atoms with Crippen molar-refractivity contribution in [3.8, 4) is 0 Å². The largest absolute Gasteiger partial charge is 0.354 e. The minimum Gasteiger partial charge on any atom is -0.354 e. The molecular formula is C11H19N3O2. The smallest absolute Gasteiger partial charge is 0.225 e. The van der Waals surface area contributed by atoms with Crippen molar-refractivity contribution in [3.63, 3.8) is 0 Å². The monoisotopic (exact) mass is 225 g/mol. The van der Waals surface area contributed by atoms with Crippen LogP contribution in [0.2, 0.25) is 0 Å². The topological polar surface area (TPSA) is 61.4 Å². The second-order valence-corrected chi connectivity index (χ2v) is 4.50. The van der Waals surface area contributed by atoms with Gasteiger partial charge in [-0.3, -0.25) is 9.59 Å². The van der Waals surface area contributed by atoms with Crippen molar-refractivity contribution in [2.24, 2.45) is 5.92 Å². The molecule has 0 aromatic heterocycles. The Morgan fingerprint density at radius 2 is 2.44 bits per heavy atom. The third-order valence-corrected chi connectivity index (χ3v) is 3.51. The summed E-state index contributed by atoms with van der Waals surface area (Å²) < 4.78 is 0. The minimum atomic E-state index is 0.0345. The fourth-order valence-electron chi connectivity index (χ4n) is 2.64. The highest BCUT2D eigenvalue weighted by molar-refractivity contribution is 5.84. The first-order valence-corrected chi connectivity index (χ1v) is 5.96. The molecule has 90 valence electrons. The lowest BCUT2D eigenvalue weighted by Crippen LogP contribution is -2.49. The standard InChI is InChI=1S/C11H19N3O2/c1-12-5-4-10(15)14-6-2-3-8-9(14)7-13-11(8)16/h8-9,12H,2-7H2,1H3,(H,13,16). The summed E-state index contributed by atoms with van der Waals surface area (Å²) in [6.45, 7) is 2.14. The number of likely N-dealkylation sites (tertiary alicyclic amines) is 1. The van der Waals surface area contributed by atoms with Crippen LogP contribution in [0, 0.1) is 5.92 Å². The van der Waals surface area contributed by atoms with E-state index in [1.54, 1.807) is 0 Å². The van der Waals surface area contributed by atoms with Crippen molar-refractivity contribution in [1.82, 2.24) is 15.5 Å². The van der Waals surface area contributed by atoms with Crippen molar-refractivity contribution in [2.75, 3.05) is 26.7 Å². The lowest BCUT2D eigenvalue weighted by molar-refractivity contribution is -0.136. The maximum atomic E-state index is 12.0. The summed E-state index contributed by atoms with van der Waals surface area (Å²) in [5, 5.41) is 5.83. The van der Waals surface area contributed by atoms with Gasteiger partial charge in [-0.25, -0.2) is 0 Å². The van der Waals surface area contributed by atoms with Crippen molar-refractivity contribution < 1.29 is 9.59 Å². The molecule has 2 saturated heterocycles. The van der Waals surface area contributed by atoms with E-state index in [9.17, 15) is 9.59 Å². The number of carbonyl (C=O) groups is 2. The van der Waals surface area contributed by atoms with Gasteiger partial charge in [0.25, 0.3) is 0 Å². The molecule has 0 saturated carbocycles. The van der Waals surface area contributed by atoms with Crippen LogP contribution in [0.25, 0.3) is 0 Å². The zero-order valence-corrected chi connectivity index (χ0v) is 9.66. The molecule has 16 heavy (non-hydrogen) atoms. The zero-order valence-electron chi connectivity index (χ0n) is 9.66. The maximum absolute atomic E-state index is 12.0. The second-order valence-electron chi connectivity index (χ2n) is 4.50. The molecule has 2 atom stereocenters. The number of fused-ring (bicyclic) bond motifs is 1. The average Bonchev–Trinajstić information content (AvgIpc) is 2.68. The van der Waals surface area contributed by atoms with Gasteiger partial charge in [0.2, 0.25) is 11.8 Å². The van der Waals surface area contributed by atoms with E-state index in [1.807, 2.05) is 11.9 Å². The number of amides is 2. The van der Waals surface area contributed by atoms with E-state index in [0.29, 0.717) is 19.5 Å². The molecule has 0 aromatic rings. The van der Waals surface area contributed by atoms with Crippen LogP contribution in [-0.2, 0) is 9.59 Å². The third-order valence-electron chi connectivity index (χ3n) is 3.51. The molecule has 5 nitrogen and oxygen atoms in total. The summed E-state index contributed by atoms with van der Waals surface area (Å²) in [6, 6.07) is 0.102. The highest BCUT2D eigenvalue weighted by Gasteiger charge is 2.42. The minimum absolute atomic E-state index is 0.0345. The van der Waals surface area contributed by atoms with E-state index in [1.165, 1.54) is 0 Å². The summed E-state index contributed by atoms with van der Waals surface area (Å²) in [6.07, 6.45) is 2.39. The Balaban J connectivity index is 1.98. The summed E-state index contributed by atoms with van der Waals surface area (Å²) >= 11 is 0. The molecule has 2 heterocycles. The van der Waals surface area contributed by atoms with Crippen LogP contribution >= 0.6 is 0 Å². The number of nitrogens with one attached hydrogen (secondary N) is 2. The quantitative estimate of drug-likeness (QED) is 0.670. The van der Waals surface area contributed by atoms with Crippen molar-refractivity contribution in [1.29, 1.82) is 0 Å². The molecule has 2 rings (SSSR count). The Morgan fingerprint density at radius 3 is 3.19 bits per heavy atom. The van der Waals surface area contributed by atoms with Gasteiger partial charge in [-0.15, -0.1) is 0 Å². The van der Waals surface area contributed by atoms with Gasteiger partial charge in [-0.1, -0.05) is 0 Å². The molecule has 2 fully saturated rings. The summed E-state index contributed by atoms with van der Waals surface area (Å²) in [5.41, 5.74) is 0. The van der Waals surface area contributed by atoms with Crippen LogP contribution in [0.15, 0.2) is 0 Å². The molecule has 0 spiro atoms. The van der Waals surface area contributed by atoms with Gasteiger partial charge in [-0.05, 0) is 19.9 Å². The van der Waals surface area contributed by atoms with Gasteiger partial charge in [0.1, 0.15) is 0 Å². The van der Waals surface area contributed by atoms with Crippen LogP contribution in [0.3, 0.4) is 0 Å². The normalized spacial score (nSPS) is 28.8. The van der Waals surface area contributed by atoms with Gasteiger partial charge in [-0.2, -0.15) is 0 Å². The first-order valence-electron chi connectivity index (χ1n) is 5.96. The van der Waals surface area contributed by atoms with Crippen LogP contribution in [0.1, 0.15) is 19.3 Å². The fraction of sp³-hybridized carbons (Fsp3) is 0.818. The SMILES string of the molecule is CNCCC(=O)N1CCCC2C(=O)NCC21. The molecule has 0 radical (unpaired) electrons. The Hall–Kier alpha value is -1.10. The van der Waals surface area contributed by atoms with E-state index in [2.05, 4.69) is 10.6 Å². The number of rotatable bonds is 3. The van der Waals surface area contributed by atoms with Crippen LogP contribution in [-0.4, -0.2) is 49.4 Å².